The lowest BCUT2D eigenvalue weighted by atomic mass is 10.0. The van der Waals surface area contributed by atoms with Crippen LogP contribution in [-0.2, 0) is 11.3 Å². The van der Waals surface area contributed by atoms with Crippen molar-refractivity contribution in [3.63, 3.8) is 0 Å². The maximum absolute atomic E-state index is 11.9. The Morgan fingerprint density at radius 2 is 2.39 bits per heavy atom. The molecule has 18 heavy (non-hydrogen) atoms. The molecule has 1 aliphatic heterocycles. The van der Waals surface area contributed by atoms with E-state index in [0.717, 1.165) is 30.5 Å². The Kier molecular flexibility index (Phi) is 6.09. The first-order chi connectivity index (χ1) is 8.27. The number of nitrogens with zero attached hydrogens (tertiary/aromatic N) is 1. The van der Waals surface area contributed by atoms with Gasteiger partial charge in [-0.1, -0.05) is 6.42 Å². The summed E-state index contributed by atoms with van der Waals surface area (Å²) in [5.41, 5.74) is 2.24. The monoisotopic (exact) mass is 269 g/mol. The molecule has 5 heteroatoms. The van der Waals surface area contributed by atoms with E-state index in [9.17, 15) is 4.79 Å². The third kappa shape index (κ3) is 3.96. The van der Waals surface area contributed by atoms with E-state index < -0.39 is 0 Å². The number of pyridine rings is 1. The Hall–Kier alpha value is -1.13. The molecule has 0 saturated carbocycles. The molecular weight excluding hydrogens is 250 g/mol. The zero-order valence-corrected chi connectivity index (χ0v) is 11.4. The predicted octanol–water partition coefficient (Wildman–Crippen LogP) is 1.57. The molecule has 1 atom stereocenters. The number of halogens is 1. The minimum atomic E-state index is -0.00843. The van der Waals surface area contributed by atoms with Crippen LogP contribution in [0.15, 0.2) is 18.5 Å². The van der Waals surface area contributed by atoms with Crippen molar-refractivity contribution < 1.29 is 4.79 Å². The molecule has 2 heterocycles. The first-order valence-electron chi connectivity index (χ1n) is 6.18. The lowest BCUT2D eigenvalue weighted by Gasteiger charge is -2.22. The van der Waals surface area contributed by atoms with Gasteiger partial charge in [-0.3, -0.25) is 9.78 Å². The third-order valence-electron chi connectivity index (χ3n) is 3.22. The highest BCUT2D eigenvalue weighted by Gasteiger charge is 2.19. The molecule has 2 N–H and O–H groups in total. The highest BCUT2D eigenvalue weighted by molar-refractivity contribution is 5.85. The van der Waals surface area contributed by atoms with Gasteiger partial charge >= 0.3 is 0 Å². The average molecular weight is 270 g/mol. The summed E-state index contributed by atoms with van der Waals surface area (Å²) < 4.78 is 0. The van der Waals surface area contributed by atoms with E-state index in [1.165, 1.54) is 6.42 Å². The highest BCUT2D eigenvalue weighted by atomic mass is 35.5. The number of carbonyl (C=O) groups excluding carboxylic acids is 1. The minimum absolute atomic E-state index is 0. The van der Waals surface area contributed by atoms with Gasteiger partial charge in [-0.05, 0) is 43.5 Å². The summed E-state index contributed by atoms with van der Waals surface area (Å²) in [6.45, 7) is 3.55. The lowest BCUT2D eigenvalue weighted by Crippen LogP contribution is -2.46. The number of carbonyl (C=O) groups is 1. The molecule has 0 aromatic carbocycles. The SMILES string of the molecule is Cc1cnccc1CNC(=O)[C@H]1CCCCN1.Cl. The third-order valence-corrected chi connectivity index (χ3v) is 3.22. The van der Waals surface area contributed by atoms with Crippen LogP contribution in [0.3, 0.4) is 0 Å². The fraction of sp³-hybridized carbons (Fsp3) is 0.538. The highest BCUT2D eigenvalue weighted by Crippen LogP contribution is 2.08. The van der Waals surface area contributed by atoms with E-state index >= 15 is 0 Å². The molecule has 1 aromatic rings. The molecule has 1 aromatic heterocycles. The summed E-state index contributed by atoms with van der Waals surface area (Å²) >= 11 is 0. The first kappa shape index (κ1) is 14.9. The van der Waals surface area contributed by atoms with Gasteiger partial charge in [-0.15, -0.1) is 12.4 Å². The molecule has 0 spiro atoms. The largest absolute Gasteiger partial charge is 0.351 e. The second-order valence-electron chi connectivity index (χ2n) is 4.52. The number of aryl methyl sites for hydroxylation is 1. The van der Waals surface area contributed by atoms with Crippen LogP contribution < -0.4 is 10.6 Å². The quantitative estimate of drug-likeness (QED) is 0.876. The Balaban J connectivity index is 0.00000162. The number of amides is 1. The van der Waals surface area contributed by atoms with Crippen molar-refractivity contribution >= 4 is 18.3 Å². The van der Waals surface area contributed by atoms with Gasteiger partial charge in [0.15, 0.2) is 0 Å². The van der Waals surface area contributed by atoms with Crippen molar-refractivity contribution in [2.45, 2.75) is 38.8 Å². The van der Waals surface area contributed by atoms with Gasteiger partial charge in [0.1, 0.15) is 0 Å². The van der Waals surface area contributed by atoms with Gasteiger partial charge in [0.2, 0.25) is 5.91 Å². The second kappa shape index (κ2) is 7.34. The topological polar surface area (TPSA) is 54.0 Å². The normalized spacial score (nSPS) is 18.8. The second-order valence-corrected chi connectivity index (χ2v) is 4.52. The molecule has 1 saturated heterocycles. The smallest absolute Gasteiger partial charge is 0.237 e. The van der Waals surface area contributed by atoms with E-state index in [-0.39, 0.29) is 24.4 Å². The summed E-state index contributed by atoms with van der Waals surface area (Å²) in [7, 11) is 0. The molecule has 0 unspecified atom stereocenters. The molecule has 1 aliphatic rings. The minimum Gasteiger partial charge on any atom is -0.351 e. The van der Waals surface area contributed by atoms with Crippen LogP contribution in [0.2, 0.25) is 0 Å². The maximum atomic E-state index is 11.9. The van der Waals surface area contributed by atoms with Crippen LogP contribution in [0.25, 0.3) is 0 Å². The van der Waals surface area contributed by atoms with Crippen LogP contribution in [0, 0.1) is 6.92 Å². The molecule has 2 rings (SSSR count). The summed E-state index contributed by atoms with van der Waals surface area (Å²) in [4.78, 5) is 15.9. The van der Waals surface area contributed by atoms with E-state index in [1.54, 1.807) is 6.20 Å². The molecule has 0 bridgehead atoms. The van der Waals surface area contributed by atoms with Gasteiger partial charge in [0.25, 0.3) is 0 Å². The summed E-state index contributed by atoms with van der Waals surface area (Å²) in [5, 5.41) is 6.23. The van der Waals surface area contributed by atoms with Crippen LogP contribution in [0.1, 0.15) is 30.4 Å². The number of hydrogen-bond donors (Lipinski definition) is 2. The van der Waals surface area contributed by atoms with Crippen LogP contribution in [0.4, 0.5) is 0 Å². The Morgan fingerprint density at radius 1 is 1.56 bits per heavy atom. The van der Waals surface area contributed by atoms with Gasteiger partial charge in [-0.2, -0.15) is 0 Å². The Bertz CT molecular complexity index is 392. The maximum Gasteiger partial charge on any atom is 0.237 e. The molecule has 100 valence electrons. The van der Waals surface area contributed by atoms with E-state index in [2.05, 4.69) is 15.6 Å². The summed E-state index contributed by atoms with van der Waals surface area (Å²) in [5.74, 6) is 0.112. The van der Waals surface area contributed by atoms with Crippen molar-refractivity contribution in [3.8, 4) is 0 Å². The lowest BCUT2D eigenvalue weighted by molar-refractivity contribution is -0.123. The molecule has 4 nitrogen and oxygen atoms in total. The van der Waals surface area contributed by atoms with Gasteiger partial charge < -0.3 is 10.6 Å². The van der Waals surface area contributed by atoms with Crippen LogP contribution in [0.5, 0.6) is 0 Å². The fourth-order valence-electron chi connectivity index (χ4n) is 2.08. The van der Waals surface area contributed by atoms with Crippen LogP contribution >= 0.6 is 12.4 Å². The van der Waals surface area contributed by atoms with Crippen molar-refractivity contribution in [1.82, 2.24) is 15.6 Å². The van der Waals surface area contributed by atoms with E-state index in [0.29, 0.717) is 6.54 Å². The molecular formula is C13H20ClN3O. The van der Waals surface area contributed by atoms with Gasteiger partial charge in [-0.25, -0.2) is 0 Å². The van der Waals surface area contributed by atoms with E-state index in [1.807, 2.05) is 19.2 Å². The first-order valence-corrected chi connectivity index (χ1v) is 6.18. The molecule has 0 radical (unpaired) electrons. The van der Waals surface area contributed by atoms with Gasteiger partial charge in [0.05, 0.1) is 6.04 Å². The van der Waals surface area contributed by atoms with Crippen molar-refractivity contribution in [2.24, 2.45) is 0 Å². The number of aromatic nitrogens is 1. The summed E-state index contributed by atoms with van der Waals surface area (Å²) in [6.07, 6.45) is 6.83. The zero-order valence-electron chi connectivity index (χ0n) is 10.6. The Labute approximate surface area is 114 Å². The summed E-state index contributed by atoms with van der Waals surface area (Å²) in [6, 6.07) is 1.94. The van der Waals surface area contributed by atoms with Crippen molar-refractivity contribution in [3.05, 3.63) is 29.6 Å². The van der Waals surface area contributed by atoms with Crippen molar-refractivity contribution in [2.75, 3.05) is 6.54 Å². The van der Waals surface area contributed by atoms with Crippen LogP contribution in [-0.4, -0.2) is 23.5 Å². The van der Waals surface area contributed by atoms with Gasteiger partial charge in [0, 0.05) is 18.9 Å². The molecule has 1 amide bonds. The number of hydrogen-bond acceptors (Lipinski definition) is 3. The number of nitrogens with one attached hydrogen (secondary N) is 2. The number of rotatable bonds is 3. The molecule has 0 aliphatic carbocycles. The van der Waals surface area contributed by atoms with Crippen molar-refractivity contribution in [1.29, 1.82) is 0 Å². The van der Waals surface area contributed by atoms with E-state index in [4.69, 9.17) is 0 Å². The average Bonchev–Trinajstić information content (AvgIpc) is 2.38. The molecule has 1 fully saturated rings. The standard InChI is InChI=1S/C13H19N3O.ClH/c1-10-8-14-7-5-11(10)9-16-13(17)12-4-2-3-6-15-12;/h5,7-8,12,15H,2-4,6,9H2,1H3,(H,16,17);1H/t12-;/m1./s1. The fourth-order valence-corrected chi connectivity index (χ4v) is 2.08. The Morgan fingerprint density at radius 3 is 3.06 bits per heavy atom. The number of piperidine rings is 1. The zero-order chi connectivity index (χ0) is 12.1. The predicted molar refractivity (Wildman–Crippen MR) is 73.7 cm³/mol.